The van der Waals surface area contributed by atoms with Gasteiger partial charge in [-0.05, 0) is 13.0 Å². The number of aromatic nitrogens is 3. The van der Waals surface area contributed by atoms with Gasteiger partial charge in [0.1, 0.15) is 5.52 Å². The van der Waals surface area contributed by atoms with E-state index in [1.165, 1.54) is 12.0 Å². The van der Waals surface area contributed by atoms with Crippen molar-refractivity contribution in [3.63, 3.8) is 0 Å². The minimum absolute atomic E-state index is 0.520. The summed E-state index contributed by atoms with van der Waals surface area (Å²) in [6.45, 7) is 2.04. The highest BCUT2D eigenvalue weighted by molar-refractivity contribution is 5.69. The molecule has 0 aliphatic carbocycles. The molecule has 0 amide bonds. The Morgan fingerprint density at radius 1 is 1.19 bits per heavy atom. The van der Waals surface area contributed by atoms with Crippen LogP contribution in [0.4, 0.5) is 0 Å². The largest absolute Gasteiger partial charge is 0.425 e. The summed E-state index contributed by atoms with van der Waals surface area (Å²) in [5, 5.41) is 0. The minimum atomic E-state index is 0.520. The van der Waals surface area contributed by atoms with E-state index in [4.69, 9.17) is 4.42 Å². The predicted molar refractivity (Wildman–Crippen MR) is 59.8 cm³/mol. The Bertz CT molecular complexity index is 645. The maximum Gasteiger partial charge on any atom is 0.250 e. The number of benzene rings is 1. The zero-order chi connectivity index (χ0) is 11.0. The van der Waals surface area contributed by atoms with Gasteiger partial charge in [-0.2, -0.15) is 4.98 Å². The monoisotopic (exact) mass is 211 g/mol. The summed E-state index contributed by atoms with van der Waals surface area (Å²) in [7, 11) is 0. The Balaban J connectivity index is 2.18. The number of rotatable bonds is 1. The summed E-state index contributed by atoms with van der Waals surface area (Å²) in [5.74, 6) is 0.660. The zero-order valence-electron chi connectivity index (χ0n) is 8.71. The molecule has 0 radical (unpaired) electrons. The van der Waals surface area contributed by atoms with Crippen molar-refractivity contribution in [3.05, 3.63) is 42.4 Å². The lowest BCUT2D eigenvalue weighted by molar-refractivity contribution is 0.590. The Hall–Kier alpha value is -2.23. The number of oxazole rings is 1. The Morgan fingerprint density at radius 3 is 3.00 bits per heavy atom. The minimum Gasteiger partial charge on any atom is -0.425 e. The van der Waals surface area contributed by atoms with Gasteiger partial charge >= 0.3 is 0 Å². The second-order valence-electron chi connectivity index (χ2n) is 3.61. The maximum atomic E-state index is 5.15. The van der Waals surface area contributed by atoms with E-state index in [0.29, 0.717) is 17.1 Å². The molecule has 4 heteroatoms. The van der Waals surface area contributed by atoms with Crippen LogP contribution < -0.4 is 0 Å². The predicted octanol–water partition coefficient (Wildman–Crippen LogP) is 2.59. The molecule has 0 aliphatic heterocycles. The van der Waals surface area contributed by atoms with E-state index in [0.717, 1.165) is 5.56 Å². The van der Waals surface area contributed by atoms with E-state index in [1.807, 2.05) is 31.2 Å². The molecule has 78 valence electrons. The standard InChI is InChI=1S/C12H9N3O/c1-8-3-2-4-9(5-8)11-13-6-10-12(15-11)16-7-14-10/h2-7H,1H3. The van der Waals surface area contributed by atoms with Gasteiger partial charge in [0.2, 0.25) is 5.71 Å². The van der Waals surface area contributed by atoms with Gasteiger partial charge < -0.3 is 4.42 Å². The fourth-order valence-electron chi connectivity index (χ4n) is 1.59. The zero-order valence-corrected chi connectivity index (χ0v) is 8.71. The summed E-state index contributed by atoms with van der Waals surface area (Å²) in [6, 6.07) is 8.04. The van der Waals surface area contributed by atoms with Gasteiger partial charge in [-0.15, -0.1) is 0 Å². The molecule has 0 saturated heterocycles. The highest BCUT2D eigenvalue weighted by atomic mass is 16.3. The first kappa shape index (κ1) is 9.03. The van der Waals surface area contributed by atoms with Gasteiger partial charge in [-0.3, -0.25) is 0 Å². The maximum absolute atomic E-state index is 5.15. The average molecular weight is 211 g/mol. The molecular weight excluding hydrogens is 202 g/mol. The molecule has 0 spiro atoms. The van der Waals surface area contributed by atoms with E-state index in [-0.39, 0.29) is 0 Å². The van der Waals surface area contributed by atoms with Gasteiger partial charge in [0.05, 0.1) is 6.20 Å². The lowest BCUT2D eigenvalue weighted by Crippen LogP contribution is -1.88. The smallest absolute Gasteiger partial charge is 0.250 e. The van der Waals surface area contributed by atoms with Crippen molar-refractivity contribution in [1.82, 2.24) is 15.0 Å². The van der Waals surface area contributed by atoms with Crippen molar-refractivity contribution in [3.8, 4) is 11.4 Å². The molecule has 3 aromatic rings. The van der Waals surface area contributed by atoms with Crippen molar-refractivity contribution in [2.75, 3.05) is 0 Å². The van der Waals surface area contributed by atoms with Gasteiger partial charge in [0, 0.05) is 5.56 Å². The number of nitrogens with zero attached hydrogens (tertiary/aromatic N) is 3. The van der Waals surface area contributed by atoms with Gasteiger partial charge in [0.25, 0.3) is 0 Å². The second-order valence-corrected chi connectivity index (χ2v) is 3.61. The van der Waals surface area contributed by atoms with Crippen LogP contribution in [0.1, 0.15) is 5.56 Å². The molecule has 0 unspecified atom stereocenters. The molecule has 16 heavy (non-hydrogen) atoms. The number of hydrogen-bond donors (Lipinski definition) is 0. The van der Waals surface area contributed by atoms with Crippen molar-refractivity contribution >= 4 is 11.2 Å². The number of aryl methyl sites for hydroxylation is 1. The molecule has 0 atom stereocenters. The highest BCUT2D eigenvalue weighted by Crippen LogP contribution is 2.18. The third kappa shape index (κ3) is 1.44. The molecule has 0 aliphatic rings. The van der Waals surface area contributed by atoms with Crippen LogP contribution in [0, 0.1) is 6.92 Å². The summed E-state index contributed by atoms with van der Waals surface area (Å²) >= 11 is 0. The summed E-state index contributed by atoms with van der Waals surface area (Å²) < 4.78 is 5.15. The molecule has 1 aromatic carbocycles. The molecule has 3 rings (SSSR count). The molecule has 4 nitrogen and oxygen atoms in total. The fourth-order valence-corrected chi connectivity index (χ4v) is 1.59. The third-order valence-corrected chi connectivity index (χ3v) is 2.37. The lowest BCUT2D eigenvalue weighted by Gasteiger charge is -1.99. The first-order chi connectivity index (χ1) is 7.83. The normalized spacial score (nSPS) is 10.8. The SMILES string of the molecule is Cc1cccc(-c2ncc3ncoc3n2)c1. The lowest BCUT2D eigenvalue weighted by atomic mass is 10.1. The van der Waals surface area contributed by atoms with Crippen LogP contribution in [0.25, 0.3) is 22.6 Å². The van der Waals surface area contributed by atoms with Crippen LogP contribution in [-0.2, 0) is 0 Å². The van der Waals surface area contributed by atoms with Crippen molar-refractivity contribution in [2.45, 2.75) is 6.92 Å². The first-order valence-electron chi connectivity index (χ1n) is 4.96. The van der Waals surface area contributed by atoms with Crippen molar-refractivity contribution in [2.24, 2.45) is 0 Å². The van der Waals surface area contributed by atoms with Crippen LogP contribution in [-0.4, -0.2) is 15.0 Å². The van der Waals surface area contributed by atoms with E-state index < -0.39 is 0 Å². The summed E-state index contributed by atoms with van der Waals surface area (Å²) in [6.07, 6.45) is 3.04. The second kappa shape index (κ2) is 3.41. The highest BCUT2D eigenvalue weighted by Gasteiger charge is 2.05. The van der Waals surface area contributed by atoms with E-state index in [2.05, 4.69) is 15.0 Å². The molecule has 0 N–H and O–H groups in total. The topological polar surface area (TPSA) is 51.8 Å². The van der Waals surface area contributed by atoms with Crippen LogP contribution in [0.2, 0.25) is 0 Å². The molecular formula is C12H9N3O. The van der Waals surface area contributed by atoms with Crippen molar-refractivity contribution < 1.29 is 4.42 Å². The summed E-state index contributed by atoms with van der Waals surface area (Å²) in [4.78, 5) is 12.5. The van der Waals surface area contributed by atoms with Gasteiger partial charge in [-0.25, -0.2) is 9.97 Å². The third-order valence-electron chi connectivity index (χ3n) is 2.37. The molecule has 0 bridgehead atoms. The molecule has 2 heterocycles. The summed E-state index contributed by atoms with van der Waals surface area (Å²) in [5.41, 5.74) is 3.36. The van der Waals surface area contributed by atoms with Gasteiger partial charge in [0.15, 0.2) is 12.2 Å². The Kier molecular flexibility index (Phi) is 1.93. The van der Waals surface area contributed by atoms with E-state index in [1.54, 1.807) is 6.20 Å². The average Bonchev–Trinajstić information content (AvgIpc) is 2.75. The molecule has 2 aromatic heterocycles. The number of hydrogen-bond acceptors (Lipinski definition) is 4. The Labute approximate surface area is 92.0 Å². The fraction of sp³-hybridized carbons (Fsp3) is 0.0833. The van der Waals surface area contributed by atoms with E-state index >= 15 is 0 Å². The van der Waals surface area contributed by atoms with Crippen molar-refractivity contribution in [1.29, 1.82) is 0 Å². The van der Waals surface area contributed by atoms with Crippen LogP contribution in [0.3, 0.4) is 0 Å². The van der Waals surface area contributed by atoms with Gasteiger partial charge in [-0.1, -0.05) is 23.8 Å². The Morgan fingerprint density at radius 2 is 2.12 bits per heavy atom. The van der Waals surface area contributed by atoms with Crippen LogP contribution in [0.15, 0.2) is 41.3 Å². The van der Waals surface area contributed by atoms with E-state index in [9.17, 15) is 0 Å². The van der Waals surface area contributed by atoms with Crippen LogP contribution >= 0.6 is 0 Å². The first-order valence-corrected chi connectivity index (χ1v) is 4.96. The number of fused-ring (bicyclic) bond motifs is 1. The van der Waals surface area contributed by atoms with Crippen LogP contribution in [0.5, 0.6) is 0 Å². The molecule has 0 fully saturated rings. The quantitative estimate of drug-likeness (QED) is 0.620. The molecule has 0 saturated carbocycles.